The van der Waals surface area contributed by atoms with Gasteiger partial charge in [-0.05, 0) is 62.1 Å². The molecule has 2 aliphatic carbocycles. The molecule has 3 rings (SSSR count). The first kappa shape index (κ1) is 14.1. The molecule has 0 amide bonds. The van der Waals surface area contributed by atoms with Gasteiger partial charge in [0.2, 0.25) is 0 Å². The summed E-state index contributed by atoms with van der Waals surface area (Å²) in [4.78, 5) is 0. The Morgan fingerprint density at radius 2 is 2.05 bits per heavy atom. The quantitative estimate of drug-likeness (QED) is 0.782. The van der Waals surface area contributed by atoms with E-state index in [1.807, 2.05) is 0 Å². The lowest BCUT2D eigenvalue weighted by molar-refractivity contribution is 0.0150. The molecule has 1 aromatic rings. The average molecular weight is 273 g/mol. The minimum atomic E-state index is 0.424. The monoisotopic (exact) mass is 273 g/mol. The van der Waals surface area contributed by atoms with Crippen molar-refractivity contribution in [3.63, 3.8) is 0 Å². The van der Waals surface area contributed by atoms with E-state index in [1.165, 1.54) is 25.7 Å². The molecule has 0 aromatic heterocycles. The third-order valence-electron chi connectivity index (χ3n) is 4.81. The number of rotatable bonds is 8. The van der Waals surface area contributed by atoms with Crippen LogP contribution in [0.3, 0.4) is 0 Å². The molecule has 3 unspecified atom stereocenters. The summed E-state index contributed by atoms with van der Waals surface area (Å²) in [7, 11) is 0. The van der Waals surface area contributed by atoms with Crippen LogP contribution in [0.4, 0.5) is 0 Å². The van der Waals surface area contributed by atoms with E-state index in [-0.39, 0.29) is 0 Å². The van der Waals surface area contributed by atoms with Gasteiger partial charge >= 0.3 is 0 Å². The number of hydrogen-bond donors (Lipinski definition) is 1. The molecule has 110 valence electrons. The number of ether oxygens (including phenoxy) is 1. The van der Waals surface area contributed by atoms with Gasteiger partial charge in [-0.15, -0.1) is 0 Å². The summed E-state index contributed by atoms with van der Waals surface area (Å²) in [6, 6.07) is 9.43. The molecule has 0 bridgehead atoms. The summed E-state index contributed by atoms with van der Waals surface area (Å²) in [6.45, 7) is 6.20. The molecule has 1 aromatic carbocycles. The lowest BCUT2D eigenvalue weighted by atomic mass is 9.73. The maximum Gasteiger partial charge on any atom is 0.0756 e. The van der Waals surface area contributed by atoms with Crippen LogP contribution in [0.2, 0.25) is 0 Å². The van der Waals surface area contributed by atoms with Crippen molar-refractivity contribution in [1.82, 2.24) is 5.32 Å². The van der Waals surface area contributed by atoms with Crippen molar-refractivity contribution in [3.05, 3.63) is 35.4 Å². The van der Waals surface area contributed by atoms with Gasteiger partial charge < -0.3 is 10.1 Å². The first-order chi connectivity index (χ1) is 9.83. The number of nitrogens with one attached hydrogen (secondary N) is 1. The molecule has 2 nitrogen and oxygen atoms in total. The SMILES string of the molecule is CCNC(CC1Cc2ccccc21)C(OCC)C1CC1. The standard InChI is InChI=1S/C18H27NO/c1-3-19-17(18(20-4-2)13-9-10-13)12-15-11-14-7-5-6-8-16(14)15/h5-8,13,15,17-19H,3-4,9-12H2,1-2H3. The van der Waals surface area contributed by atoms with Gasteiger partial charge in [0.25, 0.3) is 0 Å². The second-order valence-corrected chi connectivity index (χ2v) is 6.26. The van der Waals surface area contributed by atoms with Crippen LogP contribution in [-0.4, -0.2) is 25.3 Å². The van der Waals surface area contributed by atoms with Gasteiger partial charge in [-0.1, -0.05) is 31.2 Å². The van der Waals surface area contributed by atoms with Gasteiger partial charge in [-0.3, -0.25) is 0 Å². The summed E-state index contributed by atoms with van der Waals surface area (Å²) in [6.07, 6.45) is 5.61. The van der Waals surface area contributed by atoms with Gasteiger partial charge in [0, 0.05) is 12.6 Å². The zero-order chi connectivity index (χ0) is 13.9. The molecule has 1 saturated carbocycles. The fraction of sp³-hybridized carbons (Fsp3) is 0.667. The summed E-state index contributed by atoms with van der Waals surface area (Å²) in [5.74, 6) is 1.53. The second-order valence-electron chi connectivity index (χ2n) is 6.26. The van der Waals surface area contributed by atoms with E-state index in [0.717, 1.165) is 25.0 Å². The molecule has 2 heteroatoms. The zero-order valence-electron chi connectivity index (χ0n) is 12.8. The highest BCUT2D eigenvalue weighted by atomic mass is 16.5. The minimum Gasteiger partial charge on any atom is -0.377 e. The molecule has 0 heterocycles. The van der Waals surface area contributed by atoms with Crippen LogP contribution in [0.15, 0.2) is 24.3 Å². The summed E-state index contributed by atoms with van der Waals surface area (Å²) in [5, 5.41) is 3.69. The third-order valence-corrected chi connectivity index (χ3v) is 4.81. The van der Waals surface area contributed by atoms with Gasteiger partial charge in [-0.25, -0.2) is 0 Å². The lowest BCUT2D eigenvalue weighted by Gasteiger charge is -2.36. The largest absolute Gasteiger partial charge is 0.377 e. The van der Waals surface area contributed by atoms with E-state index in [2.05, 4.69) is 43.4 Å². The van der Waals surface area contributed by atoms with E-state index in [4.69, 9.17) is 4.74 Å². The van der Waals surface area contributed by atoms with Crippen LogP contribution in [0.25, 0.3) is 0 Å². The molecule has 3 atom stereocenters. The maximum absolute atomic E-state index is 6.08. The molecule has 2 aliphatic rings. The highest BCUT2D eigenvalue weighted by Gasteiger charge is 2.39. The molecule has 1 fully saturated rings. The van der Waals surface area contributed by atoms with Gasteiger partial charge in [-0.2, -0.15) is 0 Å². The van der Waals surface area contributed by atoms with Crippen molar-refractivity contribution >= 4 is 0 Å². The van der Waals surface area contributed by atoms with Crippen LogP contribution >= 0.6 is 0 Å². The Morgan fingerprint density at radius 1 is 1.25 bits per heavy atom. The van der Waals surface area contributed by atoms with Crippen molar-refractivity contribution in [2.45, 2.75) is 57.6 Å². The number of hydrogen-bond acceptors (Lipinski definition) is 2. The normalized spacial score (nSPS) is 23.8. The Kier molecular flexibility index (Phi) is 4.42. The van der Waals surface area contributed by atoms with E-state index in [0.29, 0.717) is 12.1 Å². The lowest BCUT2D eigenvalue weighted by Crippen LogP contribution is -2.44. The Bertz CT molecular complexity index is 441. The minimum absolute atomic E-state index is 0.424. The highest BCUT2D eigenvalue weighted by Crippen LogP contribution is 2.42. The van der Waals surface area contributed by atoms with E-state index < -0.39 is 0 Å². The first-order valence-electron chi connectivity index (χ1n) is 8.26. The summed E-state index contributed by atoms with van der Waals surface area (Å²) in [5.41, 5.74) is 3.12. The Morgan fingerprint density at radius 3 is 2.70 bits per heavy atom. The second kappa shape index (κ2) is 6.28. The van der Waals surface area contributed by atoms with Crippen LogP contribution in [0.1, 0.15) is 50.2 Å². The number of likely N-dealkylation sites (N-methyl/N-ethyl adjacent to an activating group) is 1. The molecule has 1 N–H and O–H groups in total. The molecular formula is C18H27NO. The van der Waals surface area contributed by atoms with E-state index in [9.17, 15) is 0 Å². The Labute approximate surface area is 122 Å². The molecule has 0 radical (unpaired) electrons. The number of benzene rings is 1. The number of fused-ring (bicyclic) bond motifs is 1. The topological polar surface area (TPSA) is 21.3 Å². The molecule has 0 spiro atoms. The highest BCUT2D eigenvalue weighted by molar-refractivity contribution is 5.40. The molecule has 20 heavy (non-hydrogen) atoms. The maximum atomic E-state index is 6.08. The Balaban J connectivity index is 1.65. The van der Waals surface area contributed by atoms with Crippen LogP contribution in [0, 0.1) is 5.92 Å². The molecular weight excluding hydrogens is 246 g/mol. The average Bonchev–Trinajstić information content (AvgIpc) is 3.26. The van der Waals surface area contributed by atoms with Crippen LogP contribution in [-0.2, 0) is 11.2 Å². The molecule has 0 saturated heterocycles. The van der Waals surface area contributed by atoms with Crippen molar-refractivity contribution in [3.8, 4) is 0 Å². The van der Waals surface area contributed by atoms with E-state index >= 15 is 0 Å². The van der Waals surface area contributed by atoms with Gasteiger partial charge in [0.1, 0.15) is 0 Å². The predicted octanol–water partition coefficient (Wildman–Crippen LogP) is 3.51. The van der Waals surface area contributed by atoms with Crippen molar-refractivity contribution in [1.29, 1.82) is 0 Å². The summed E-state index contributed by atoms with van der Waals surface area (Å²) >= 11 is 0. The molecule has 0 aliphatic heterocycles. The Hall–Kier alpha value is -0.860. The van der Waals surface area contributed by atoms with Crippen molar-refractivity contribution in [2.75, 3.05) is 13.2 Å². The smallest absolute Gasteiger partial charge is 0.0756 e. The van der Waals surface area contributed by atoms with Gasteiger partial charge in [0.05, 0.1) is 6.10 Å². The fourth-order valence-electron chi connectivity index (χ4n) is 3.67. The van der Waals surface area contributed by atoms with Crippen LogP contribution < -0.4 is 5.32 Å². The fourth-order valence-corrected chi connectivity index (χ4v) is 3.67. The van der Waals surface area contributed by atoms with Gasteiger partial charge in [0.15, 0.2) is 0 Å². The zero-order valence-corrected chi connectivity index (χ0v) is 12.8. The first-order valence-corrected chi connectivity index (χ1v) is 8.26. The summed E-state index contributed by atoms with van der Waals surface area (Å²) < 4.78 is 6.08. The van der Waals surface area contributed by atoms with Crippen molar-refractivity contribution in [2.24, 2.45) is 5.92 Å². The van der Waals surface area contributed by atoms with E-state index in [1.54, 1.807) is 11.1 Å². The third kappa shape index (κ3) is 2.91. The predicted molar refractivity (Wildman–Crippen MR) is 83.1 cm³/mol. The van der Waals surface area contributed by atoms with Crippen LogP contribution in [0.5, 0.6) is 0 Å². The van der Waals surface area contributed by atoms with Crippen molar-refractivity contribution < 1.29 is 4.74 Å².